The van der Waals surface area contributed by atoms with E-state index in [0.29, 0.717) is 5.41 Å². The van der Waals surface area contributed by atoms with Gasteiger partial charge in [-0.3, -0.25) is 4.99 Å². The van der Waals surface area contributed by atoms with E-state index in [2.05, 4.69) is 34.2 Å². The molecule has 2 rings (SSSR count). The van der Waals surface area contributed by atoms with Crippen LogP contribution < -0.4 is 5.32 Å². The molecule has 0 amide bonds. The zero-order valence-electron chi connectivity index (χ0n) is 15.9. The maximum atomic E-state index is 5.61. The third-order valence-electron chi connectivity index (χ3n) is 5.20. The molecule has 2 fully saturated rings. The molecule has 2 saturated heterocycles. The average molecular weight is 452 g/mol. The van der Waals surface area contributed by atoms with Crippen molar-refractivity contribution in [2.75, 3.05) is 60.5 Å². The van der Waals surface area contributed by atoms with Gasteiger partial charge < -0.3 is 19.9 Å². The van der Waals surface area contributed by atoms with Gasteiger partial charge in [0.05, 0.1) is 6.61 Å². The molecule has 2 aliphatic heterocycles. The van der Waals surface area contributed by atoms with Crippen molar-refractivity contribution < 1.29 is 4.74 Å². The molecule has 142 valence electrons. The number of ether oxygens (including phenoxy) is 1. The van der Waals surface area contributed by atoms with Crippen molar-refractivity contribution in [3.63, 3.8) is 0 Å². The molecule has 5 nitrogen and oxygen atoms in total. The Kier molecular flexibility index (Phi) is 10.5. The van der Waals surface area contributed by atoms with Gasteiger partial charge in [-0.1, -0.05) is 19.3 Å². The number of guanidine groups is 1. The summed E-state index contributed by atoms with van der Waals surface area (Å²) < 4.78 is 5.61. The van der Waals surface area contributed by atoms with E-state index in [4.69, 9.17) is 4.74 Å². The molecule has 0 radical (unpaired) electrons. The van der Waals surface area contributed by atoms with E-state index in [1.165, 1.54) is 51.5 Å². The Morgan fingerprint density at radius 2 is 1.92 bits per heavy atom. The number of halogens is 1. The van der Waals surface area contributed by atoms with E-state index >= 15 is 0 Å². The van der Waals surface area contributed by atoms with Crippen LogP contribution in [0.3, 0.4) is 0 Å². The Morgan fingerprint density at radius 3 is 2.58 bits per heavy atom. The molecule has 0 saturated carbocycles. The lowest BCUT2D eigenvalue weighted by Gasteiger charge is -2.24. The number of nitrogens with zero attached hydrogens (tertiary/aromatic N) is 3. The predicted octanol–water partition coefficient (Wildman–Crippen LogP) is 2.80. The monoisotopic (exact) mass is 452 g/mol. The lowest BCUT2D eigenvalue weighted by Crippen LogP contribution is -2.41. The molecule has 6 heteroatoms. The molecule has 24 heavy (non-hydrogen) atoms. The van der Waals surface area contributed by atoms with Crippen LogP contribution in [0.15, 0.2) is 4.99 Å². The average Bonchev–Trinajstić information content (AvgIpc) is 3.16. The first-order valence-electron chi connectivity index (χ1n) is 9.33. The van der Waals surface area contributed by atoms with Gasteiger partial charge in [-0.25, -0.2) is 0 Å². The van der Waals surface area contributed by atoms with Crippen LogP contribution in [0.5, 0.6) is 0 Å². The summed E-state index contributed by atoms with van der Waals surface area (Å²) in [6.07, 6.45) is 9.03. The molecule has 1 N–H and O–H groups in total. The number of hydrogen-bond acceptors (Lipinski definition) is 3. The Hall–Kier alpha value is -0.0800. The summed E-state index contributed by atoms with van der Waals surface area (Å²) in [5, 5.41) is 3.55. The van der Waals surface area contributed by atoms with Crippen molar-refractivity contribution in [2.24, 2.45) is 10.4 Å². The molecule has 0 aromatic heterocycles. The summed E-state index contributed by atoms with van der Waals surface area (Å²) in [4.78, 5) is 9.17. The number of rotatable bonds is 8. The molecule has 0 aromatic carbocycles. The second-order valence-corrected chi connectivity index (χ2v) is 7.52. The molecule has 1 spiro atoms. The highest BCUT2D eigenvalue weighted by molar-refractivity contribution is 14.0. The minimum absolute atomic E-state index is 0. The van der Waals surface area contributed by atoms with Crippen LogP contribution in [-0.4, -0.2) is 76.3 Å². The maximum absolute atomic E-state index is 5.61. The van der Waals surface area contributed by atoms with Gasteiger partial charge in [-0.05, 0) is 46.3 Å². The lowest BCUT2D eigenvalue weighted by atomic mass is 9.87. The van der Waals surface area contributed by atoms with Crippen LogP contribution in [0.1, 0.15) is 44.9 Å². The second-order valence-electron chi connectivity index (χ2n) is 7.52. The Labute approximate surface area is 165 Å². The minimum Gasteiger partial charge on any atom is -0.381 e. The van der Waals surface area contributed by atoms with Gasteiger partial charge in [0, 0.05) is 38.7 Å². The molecule has 2 aliphatic rings. The minimum atomic E-state index is 0. The molecular weight excluding hydrogens is 415 g/mol. The van der Waals surface area contributed by atoms with Crippen molar-refractivity contribution in [3.05, 3.63) is 0 Å². The maximum Gasteiger partial charge on any atom is 0.193 e. The fraction of sp³-hybridized carbons (Fsp3) is 0.944. The zero-order chi connectivity index (χ0) is 16.5. The van der Waals surface area contributed by atoms with Crippen LogP contribution in [0.4, 0.5) is 0 Å². The first kappa shape index (κ1) is 22.0. The van der Waals surface area contributed by atoms with Crippen LogP contribution in [0.25, 0.3) is 0 Å². The van der Waals surface area contributed by atoms with Gasteiger partial charge >= 0.3 is 0 Å². The van der Waals surface area contributed by atoms with Crippen molar-refractivity contribution in [3.8, 4) is 0 Å². The van der Waals surface area contributed by atoms with Gasteiger partial charge in [0.2, 0.25) is 0 Å². The third-order valence-corrected chi connectivity index (χ3v) is 5.20. The predicted molar refractivity (Wildman–Crippen MR) is 112 cm³/mol. The summed E-state index contributed by atoms with van der Waals surface area (Å²) in [5.41, 5.74) is 0.407. The number of nitrogens with one attached hydrogen (secondary N) is 1. The van der Waals surface area contributed by atoms with Gasteiger partial charge in [-0.2, -0.15) is 0 Å². The van der Waals surface area contributed by atoms with Crippen LogP contribution >= 0.6 is 24.0 Å². The summed E-state index contributed by atoms with van der Waals surface area (Å²) in [6.45, 7) is 6.36. The normalized spacial score (nSPS) is 24.0. The Bertz CT molecular complexity index is 370. The fourth-order valence-electron chi connectivity index (χ4n) is 3.70. The number of aliphatic imine (C=N–C) groups is 1. The van der Waals surface area contributed by atoms with Gasteiger partial charge in [-0.15, -0.1) is 24.0 Å². The van der Waals surface area contributed by atoms with Crippen molar-refractivity contribution >= 4 is 29.9 Å². The Balaban J connectivity index is 0.00000288. The van der Waals surface area contributed by atoms with E-state index < -0.39 is 0 Å². The van der Waals surface area contributed by atoms with Crippen LogP contribution in [-0.2, 0) is 4.74 Å². The first-order valence-corrected chi connectivity index (χ1v) is 9.33. The van der Waals surface area contributed by atoms with E-state index in [0.717, 1.165) is 38.8 Å². The summed E-state index contributed by atoms with van der Waals surface area (Å²) in [5.74, 6) is 1.08. The third kappa shape index (κ3) is 7.04. The number of likely N-dealkylation sites (tertiary alicyclic amines) is 1. The van der Waals surface area contributed by atoms with Crippen molar-refractivity contribution in [2.45, 2.75) is 44.9 Å². The van der Waals surface area contributed by atoms with E-state index in [-0.39, 0.29) is 24.0 Å². The smallest absolute Gasteiger partial charge is 0.193 e. The summed E-state index contributed by atoms with van der Waals surface area (Å²) in [6, 6.07) is 0. The highest BCUT2D eigenvalue weighted by Crippen LogP contribution is 2.38. The lowest BCUT2D eigenvalue weighted by molar-refractivity contribution is 0.156. The molecule has 0 aromatic rings. The Morgan fingerprint density at radius 1 is 1.17 bits per heavy atom. The molecule has 0 bridgehead atoms. The van der Waals surface area contributed by atoms with Crippen LogP contribution in [0, 0.1) is 5.41 Å². The quantitative estimate of drug-likeness (QED) is 0.266. The largest absolute Gasteiger partial charge is 0.381 e. The summed E-state index contributed by atoms with van der Waals surface area (Å²) >= 11 is 0. The highest BCUT2D eigenvalue weighted by atomic mass is 127. The van der Waals surface area contributed by atoms with Crippen molar-refractivity contribution in [1.29, 1.82) is 0 Å². The molecule has 1 unspecified atom stereocenters. The SMILES string of the molecule is CN=C(NCCCCCCCN(C)C)N1CCC2(CCOC2)C1.I. The molecular formula is C18H37IN4O. The first-order chi connectivity index (χ1) is 11.2. The van der Waals surface area contributed by atoms with E-state index in [1.807, 2.05) is 7.05 Å². The van der Waals surface area contributed by atoms with Gasteiger partial charge in [0.1, 0.15) is 0 Å². The molecule has 1 atom stereocenters. The summed E-state index contributed by atoms with van der Waals surface area (Å²) in [7, 11) is 6.20. The van der Waals surface area contributed by atoms with Crippen molar-refractivity contribution in [1.82, 2.24) is 15.1 Å². The van der Waals surface area contributed by atoms with Gasteiger partial charge in [0.25, 0.3) is 0 Å². The zero-order valence-corrected chi connectivity index (χ0v) is 18.2. The molecule has 0 aliphatic carbocycles. The fourth-order valence-corrected chi connectivity index (χ4v) is 3.70. The highest BCUT2D eigenvalue weighted by Gasteiger charge is 2.42. The topological polar surface area (TPSA) is 40.1 Å². The standard InChI is InChI=1S/C18H36N4O.HI/c1-19-17(20-11-7-5-4-6-8-12-21(2)3)22-13-9-18(15-22)10-14-23-16-18;/h4-16H2,1-3H3,(H,19,20);1H. The van der Waals surface area contributed by atoms with E-state index in [1.54, 1.807) is 0 Å². The van der Waals surface area contributed by atoms with E-state index in [9.17, 15) is 0 Å². The number of hydrogen-bond donors (Lipinski definition) is 1. The molecule has 2 heterocycles. The van der Waals surface area contributed by atoms with Crippen LogP contribution in [0.2, 0.25) is 0 Å². The number of unbranched alkanes of at least 4 members (excludes halogenated alkanes) is 4. The van der Waals surface area contributed by atoms with Gasteiger partial charge in [0.15, 0.2) is 5.96 Å². The second kappa shape index (κ2) is 11.5.